The Morgan fingerprint density at radius 1 is 1.19 bits per heavy atom. The number of rotatable bonds is 2. The summed E-state index contributed by atoms with van der Waals surface area (Å²) in [5.74, 6) is 1.01. The molecular weight excluding hydrogens is 218 g/mol. The van der Waals surface area contributed by atoms with Gasteiger partial charge in [0.1, 0.15) is 11.9 Å². The smallest absolute Gasteiger partial charge is 0.120 e. The predicted octanol–water partition coefficient (Wildman–Crippen LogP) is 3.03. The first-order valence-corrected chi connectivity index (χ1v) is 6.64. The van der Waals surface area contributed by atoms with Crippen molar-refractivity contribution in [3.05, 3.63) is 29.6 Å². The largest absolute Gasteiger partial charge is 0.490 e. The van der Waals surface area contributed by atoms with Crippen molar-refractivity contribution in [1.29, 1.82) is 0 Å². The zero-order chi connectivity index (χ0) is 10.8. The first-order chi connectivity index (χ1) is 7.92. The molecule has 0 unspecified atom stereocenters. The van der Waals surface area contributed by atoms with Crippen LogP contribution in [0.3, 0.4) is 0 Å². The molecule has 1 aromatic carbocycles. The minimum Gasteiger partial charge on any atom is -0.490 e. The molecule has 16 heavy (non-hydrogen) atoms. The summed E-state index contributed by atoms with van der Waals surface area (Å²) < 4.78 is 7.33. The fourth-order valence-electron chi connectivity index (χ4n) is 2.12. The van der Waals surface area contributed by atoms with Gasteiger partial charge in [-0.05, 0) is 61.0 Å². The average Bonchev–Trinajstić information content (AvgIpc) is 2.77. The highest BCUT2D eigenvalue weighted by Gasteiger charge is 2.14. The lowest BCUT2D eigenvalue weighted by atomic mass is 10.1. The summed E-state index contributed by atoms with van der Waals surface area (Å²) in [7, 11) is 0. The van der Waals surface area contributed by atoms with Crippen LogP contribution in [0.2, 0.25) is 0 Å². The lowest BCUT2D eigenvalue weighted by molar-refractivity contribution is 0.162. The number of nitrogens with one attached hydrogen (secondary N) is 1. The third kappa shape index (κ3) is 2.06. The number of thiophene rings is 1. The van der Waals surface area contributed by atoms with Gasteiger partial charge in [0.05, 0.1) is 0 Å². The van der Waals surface area contributed by atoms with Crippen molar-refractivity contribution in [3.8, 4) is 5.75 Å². The Morgan fingerprint density at radius 2 is 2.06 bits per heavy atom. The number of fused-ring (bicyclic) bond motifs is 1. The van der Waals surface area contributed by atoms with E-state index >= 15 is 0 Å². The van der Waals surface area contributed by atoms with Crippen molar-refractivity contribution in [2.45, 2.75) is 18.9 Å². The van der Waals surface area contributed by atoms with Gasteiger partial charge in [0, 0.05) is 4.70 Å². The van der Waals surface area contributed by atoms with Crippen molar-refractivity contribution in [1.82, 2.24) is 5.32 Å². The van der Waals surface area contributed by atoms with E-state index in [9.17, 15) is 0 Å². The zero-order valence-electron chi connectivity index (χ0n) is 9.11. The third-order valence-electron chi connectivity index (χ3n) is 3.01. The van der Waals surface area contributed by atoms with Gasteiger partial charge in [-0.2, -0.15) is 0 Å². The van der Waals surface area contributed by atoms with E-state index in [2.05, 4.69) is 35.0 Å². The molecule has 2 nitrogen and oxygen atoms in total. The van der Waals surface area contributed by atoms with Crippen LogP contribution in [0, 0.1) is 0 Å². The summed E-state index contributed by atoms with van der Waals surface area (Å²) in [5, 5.41) is 6.76. The molecule has 1 saturated heterocycles. The number of piperidine rings is 1. The van der Waals surface area contributed by atoms with Crippen LogP contribution in [0.25, 0.3) is 10.1 Å². The van der Waals surface area contributed by atoms with Gasteiger partial charge in [-0.3, -0.25) is 0 Å². The van der Waals surface area contributed by atoms with Gasteiger partial charge >= 0.3 is 0 Å². The second-order valence-electron chi connectivity index (χ2n) is 4.19. The SMILES string of the molecule is c1cc2cc(OC3CCNCC3)ccc2s1. The standard InChI is InChI=1S/C13H15NOS/c1-2-13-10(5-8-16-13)9-12(1)15-11-3-6-14-7-4-11/h1-2,5,8-9,11,14H,3-4,6-7H2. The second-order valence-corrected chi connectivity index (χ2v) is 5.14. The minimum absolute atomic E-state index is 0.386. The van der Waals surface area contributed by atoms with Crippen LogP contribution in [-0.4, -0.2) is 19.2 Å². The number of hydrogen-bond donors (Lipinski definition) is 1. The van der Waals surface area contributed by atoms with Gasteiger partial charge in [0.25, 0.3) is 0 Å². The Labute approximate surface area is 99.2 Å². The molecule has 0 saturated carbocycles. The summed E-state index contributed by atoms with van der Waals surface area (Å²) >= 11 is 1.78. The zero-order valence-corrected chi connectivity index (χ0v) is 9.93. The van der Waals surface area contributed by atoms with Crippen molar-refractivity contribution < 1.29 is 4.74 Å². The molecule has 0 bridgehead atoms. The van der Waals surface area contributed by atoms with Crippen LogP contribution in [0.1, 0.15) is 12.8 Å². The first kappa shape index (κ1) is 10.1. The van der Waals surface area contributed by atoms with E-state index in [4.69, 9.17) is 4.74 Å². The predicted molar refractivity (Wildman–Crippen MR) is 68.3 cm³/mol. The molecule has 0 spiro atoms. The Balaban J connectivity index is 1.77. The monoisotopic (exact) mass is 233 g/mol. The highest BCUT2D eigenvalue weighted by Crippen LogP contribution is 2.26. The molecule has 3 heteroatoms. The molecule has 2 aromatic rings. The maximum absolute atomic E-state index is 6.00. The van der Waals surface area contributed by atoms with Crippen molar-refractivity contribution in [2.24, 2.45) is 0 Å². The number of hydrogen-bond acceptors (Lipinski definition) is 3. The van der Waals surface area contributed by atoms with Gasteiger partial charge in [-0.1, -0.05) is 0 Å². The first-order valence-electron chi connectivity index (χ1n) is 5.76. The van der Waals surface area contributed by atoms with Crippen LogP contribution in [0.5, 0.6) is 5.75 Å². The number of ether oxygens (including phenoxy) is 1. The van der Waals surface area contributed by atoms with Crippen molar-refractivity contribution >= 4 is 21.4 Å². The Kier molecular flexibility index (Phi) is 2.80. The maximum Gasteiger partial charge on any atom is 0.120 e. The number of benzene rings is 1. The minimum atomic E-state index is 0.386. The van der Waals surface area contributed by atoms with E-state index in [-0.39, 0.29) is 0 Å². The van der Waals surface area contributed by atoms with E-state index in [1.165, 1.54) is 10.1 Å². The topological polar surface area (TPSA) is 21.3 Å². The Bertz CT molecular complexity index is 473. The molecule has 1 N–H and O–H groups in total. The Morgan fingerprint density at radius 3 is 2.94 bits per heavy atom. The molecule has 0 aliphatic carbocycles. The summed E-state index contributed by atoms with van der Waals surface area (Å²) in [6.45, 7) is 2.15. The lowest BCUT2D eigenvalue weighted by Gasteiger charge is -2.23. The highest BCUT2D eigenvalue weighted by atomic mass is 32.1. The van der Waals surface area contributed by atoms with E-state index in [1.807, 2.05) is 0 Å². The van der Waals surface area contributed by atoms with E-state index in [0.717, 1.165) is 31.7 Å². The highest BCUT2D eigenvalue weighted by molar-refractivity contribution is 7.17. The molecule has 1 aliphatic rings. The molecular formula is C13H15NOS. The average molecular weight is 233 g/mol. The third-order valence-corrected chi connectivity index (χ3v) is 3.91. The van der Waals surface area contributed by atoms with Crippen molar-refractivity contribution in [3.63, 3.8) is 0 Å². The van der Waals surface area contributed by atoms with E-state index < -0.39 is 0 Å². The normalized spacial score (nSPS) is 17.8. The van der Waals surface area contributed by atoms with Crippen LogP contribution in [-0.2, 0) is 0 Å². The molecule has 1 fully saturated rings. The van der Waals surface area contributed by atoms with Crippen LogP contribution < -0.4 is 10.1 Å². The molecule has 1 aromatic heterocycles. The summed E-state index contributed by atoms with van der Waals surface area (Å²) in [6, 6.07) is 8.53. The van der Waals surface area contributed by atoms with Crippen molar-refractivity contribution in [2.75, 3.05) is 13.1 Å². The van der Waals surface area contributed by atoms with Gasteiger partial charge in [0.2, 0.25) is 0 Å². The maximum atomic E-state index is 6.00. The van der Waals surface area contributed by atoms with Gasteiger partial charge in [0.15, 0.2) is 0 Å². The van der Waals surface area contributed by atoms with Crippen LogP contribution >= 0.6 is 11.3 Å². The fraction of sp³-hybridized carbons (Fsp3) is 0.385. The molecule has 0 atom stereocenters. The van der Waals surface area contributed by atoms with Crippen LogP contribution in [0.15, 0.2) is 29.6 Å². The molecule has 2 heterocycles. The van der Waals surface area contributed by atoms with E-state index in [1.54, 1.807) is 11.3 Å². The summed E-state index contributed by atoms with van der Waals surface area (Å²) in [6.07, 6.45) is 2.61. The van der Waals surface area contributed by atoms with Gasteiger partial charge < -0.3 is 10.1 Å². The fourth-order valence-corrected chi connectivity index (χ4v) is 2.89. The summed E-state index contributed by atoms with van der Waals surface area (Å²) in [4.78, 5) is 0. The Hall–Kier alpha value is -1.06. The van der Waals surface area contributed by atoms with E-state index in [0.29, 0.717) is 6.10 Å². The molecule has 1 aliphatic heterocycles. The quantitative estimate of drug-likeness (QED) is 0.861. The van der Waals surface area contributed by atoms with Crippen LogP contribution in [0.4, 0.5) is 0 Å². The lowest BCUT2D eigenvalue weighted by Crippen LogP contribution is -2.34. The van der Waals surface area contributed by atoms with Gasteiger partial charge in [-0.15, -0.1) is 11.3 Å². The summed E-state index contributed by atoms with van der Waals surface area (Å²) in [5.41, 5.74) is 0. The second kappa shape index (κ2) is 4.44. The molecule has 0 radical (unpaired) electrons. The van der Waals surface area contributed by atoms with Gasteiger partial charge in [-0.25, -0.2) is 0 Å². The molecule has 84 valence electrons. The molecule has 3 rings (SSSR count). The molecule has 0 amide bonds.